The first-order valence-corrected chi connectivity index (χ1v) is 4.82. The highest BCUT2D eigenvalue weighted by atomic mass is 16.5. The molecule has 0 amide bonds. The molecule has 1 aromatic carbocycles. The summed E-state index contributed by atoms with van der Waals surface area (Å²) < 4.78 is 9.24. The van der Waals surface area contributed by atoms with Crippen molar-refractivity contribution in [1.29, 1.82) is 0 Å². The molecule has 2 atom stereocenters. The van der Waals surface area contributed by atoms with E-state index in [2.05, 4.69) is 4.74 Å². The molecular weight excluding hydrogens is 228 g/mol. The second-order valence-corrected chi connectivity index (χ2v) is 3.34. The lowest BCUT2D eigenvalue weighted by atomic mass is 10.0. The molecule has 17 heavy (non-hydrogen) atoms. The first-order valence-electron chi connectivity index (χ1n) is 4.82. The number of carbonyl (C=O) groups excluding carboxylic acids is 1. The normalized spacial score (nSPS) is 13.9. The minimum atomic E-state index is -1.71. The molecule has 0 aliphatic heterocycles. The highest BCUT2D eigenvalue weighted by Crippen LogP contribution is 2.30. The lowest BCUT2D eigenvalue weighted by Gasteiger charge is -2.18. The maximum atomic E-state index is 11.1. The Hall–Kier alpha value is -1.79. The van der Waals surface area contributed by atoms with Gasteiger partial charge in [0.15, 0.2) is 6.10 Å². The summed E-state index contributed by atoms with van der Waals surface area (Å²) in [5.74, 6) is -0.835. The third-order valence-electron chi connectivity index (χ3n) is 2.28. The largest absolute Gasteiger partial charge is 0.508 e. The summed E-state index contributed by atoms with van der Waals surface area (Å²) in [5.41, 5.74) is 0.184. The molecule has 0 radical (unpaired) electrons. The van der Waals surface area contributed by atoms with Crippen LogP contribution in [0.4, 0.5) is 0 Å². The molecule has 0 aromatic heterocycles. The first kappa shape index (κ1) is 13.3. The van der Waals surface area contributed by atoms with Gasteiger partial charge in [0.25, 0.3) is 0 Å². The van der Waals surface area contributed by atoms with E-state index in [0.29, 0.717) is 0 Å². The monoisotopic (exact) mass is 242 g/mol. The van der Waals surface area contributed by atoms with E-state index in [1.165, 1.54) is 25.3 Å². The van der Waals surface area contributed by atoms with Gasteiger partial charge < -0.3 is 24.8 Å². The van der Waals surface area contributed by atoms with Crippen molar-refractivity contribution in [2.75, 3.05) is 14.2 Å². The van der Waals surface area contributed by atoms with Crippen molar-refractivity contribution in [3.05, 3.63) is 23.8 Å². The fourth-order valence-electron chi connectivity index (χ4n) is 1.36. The van der Waals surface area contributed by atoms with Crippen LogP contribution in [0.5, 0.6) is 11.5 Å². The molecule has 0 saturated carbocycles. The van der Waals surface area contributed by atoms with Crippen molar-refractivity contribution in [2.45, 2.75) is 12.2 Å². The zero-order valence-corrected chi connectivity index (χ0v) is 9.45. The molecule has 3 N–H and O–H groups in total. The van der Waals surface area contributed by atoms with Gasteiger partial charge in [-0.25, -0.2) is 4.79 Å². The highest BCUT2D eigenvalue weighted by molar-refractivity contribution is 5.75. The number of rotatable bonds is 4. The summed E-state index contributed by atoms with van der Waals surface area (Å²) in [7, 11) is 2.45. The molecule has 0 aliphatic rings. The Morgan fingerprint density at radius 3 is 2.47 bits per heavy atom. The van der Waals surface area contributed by atoms with Crippen LogP contribution in [0, 0.1) is 0 Å². The van der Waals surface area contributed by atoms with Gasteiger partial charge >= 0.3 is 5.97 Å². The molecule has 0 aliphatic carbocycles. The fourth-order valence-corrected chi connectivity index (χ4v) is 1.36. The summed E-state index contributed by atoms with van der Waals surface area (Å²) in [6, 6.07) is 3.93. The van der Waals surface area contributed by atoms with E-state index in [9.17, 15) is 20.1 Å². The molecule has 2 unspecified atom stereocenters. The van der Waals surface area contributed by atoms with Gasteiger partial charge in [0.1, 0.15) is 17.6 Å². The number of carbonyl (C=O) groups is 1. The predicted octanol–water partition coefficient (Wildman–Crippen LogP) is -0.0319. The number of phenolic OH excluding ortho intramolecular Hbond substituents is 1. The van der Waals surface area contributed by atoms with Crippen molar-refractivity contribution in [2.24, 2.45) is 0 Å². The van der Waals surface area contributed by atoms with Gasteiger partial charge in [0.2, 0.25) is 0 Å². The van der Waals surface area contributed by atoms with Crippen LogP contribution in [0.1, 0.15) is 11.7 Å². The van der Waals surface area contributed by atoms with Crippen molar-refractivity contribution in [3.8, 4) is 11.5 Å². The Morgan fingerprint density at radius 1 is 1.29 bits per heavy atom. The molecule has 0 bridgehead atoms. The number of phenols is 1. The summed E-state index contributed by atoms with van der Waals surface area (Å²) in [6.45, 7) is 0. The maximum Gasteiger partial charge on any atom is 0.337 e. The van der Waals surface area contributed by atoms with Crippen LogP contribution >= 0.6 is 0 Å². The van der Waals surface area contributed by atoms with E-state index >= 15 is 0 Å². The zero-order chi connectivity index (χ0) is 13.0. The quantitative estimate of drug-likeness (QED) is 0.641. The molecule has 6 heteroatoms. The SMILES string of the molecule is COC(=O)C(O)C(O)c1ccc(O)cc1OC. The lowest BCUT2D eigenvalue weighted by Crippen LogP contribution is -2.29. The number of aromatic hydroxyl groups is 1. The topological polar surface area (TPSA) is 96.2 Å². The van der Waals surface area contributed by atoms with Gasteiger partial charge in [-0.05, 0) is 12.1 Å². The van der Waals surface area contributed by atoms with Crippen molar-refractivity contribution < 1.29 is 29.6 Å². The van der Waals surface area contributed by atoms with E-state index in [4.69, 9.17) is 4.74 Å². The van der Waals surface area contributed by atoms with Crippen LogP contribution in [0.3, 0.4) is 0 Å². The number of aliphatic hydroxyl groups excluding tert-OH is 2. The second-order valence-electron chi connectivity index (χ2n) is 3.34. The standard InChI is InChI=1S/C11H14O6/c1-16-8-5-6(12)3-4-7(8)9(13)10(14)11(15)17-2/h3-5,9-10,12-14H,1-2H3. The van der Waals surface area contributed by atoms with E-state index in [1.807, 2.05) is 0 Å². The van der Waals surface area contributed by atoms with E-state index in [1.54, 1.807) is 0 Å². The minimum absolute atomic E-state index is 0.0506. The van der Waals surface area contributed by atoms with Crippen LogP contribution in [-0.4, -0.2) is 41.6 Å². The fraction of sp³-hybridized carbons (Fsp3) is 0.364. The van der Waals surface area contributed by atoms with Crippen LogP contribution in [0.25, 0.3) is 0 Å². The van der Waals surface area contributed by atoms with E-state index in [-0.39, 0.29) is 17.1 Å². The summed E-state index contributed by atoms with van der Waals surface area (Å²) in [5, 5.41) is 28.5. The molecule has 0 spiro atoms. The third-order valence-corrected chi connectivity index (χ3v) is 2.28. The Morgan fingerprint density at radius 2 is 1.94 bits per heavy atom. The van der Waals surface area contributed by atoms with Crippen LogP contribution in [0.2, 0.25) is 0 Å². The number of benzene rings is 1. The maximum absolute atomic E-state index is 11.1. The summed E-state index contributed by atoms with van der Waals surface area (Å²) in [4.78, 5) is 11.1. The number of esters is 1. The Labute approximate surface area is 98.0 Å². The number of methoxy groups -OCH3 is 2. The van der Waals surface area contributed by atoms with Crippen molar-refractivity contribution >= 4 is 5.97 Å². The number of hydrogen-bond donors (Lipinski definition) is 3. The molecule has 0 heterocycles. The minimum Gasteiger partial charge on any atom is -0.508 e. The third kappa shape index (κ3) is 2.86. The average molecular weight is 242 g/mol. The lowest BCUT2D eigenvalue weighted by molar-refractivity contribution is -0.156. The number of ether oxygens (including phenoxy) is 2. The van der Waals surface area contributed by atoms with Gasteiger partial charge in [-0.1, -0.05) is 0 Å². The second kappa shape index (κ2) is 5.51. The predicted molar refractivity (Wildman–Crippen MR) is 57.6 cm³/mol. The van der Waals surface area contributed by atoms with E-state index < -0.39 is 18.2 Å². The number of hydrogen-bond acceptors (Lipinski definition) is 6. The summed E-state index contributed by atoms with van der Waals surface area (Å²) >= 11 is 0. The van der Waals surface area contributed by atoms with Crippen LogP contribution in [-0.2, 0) is 9.53 Å². The Bertz CT molecular complexity index is 403. The number of aliphatic hydroxyl groups is 2. The molecular formula is C11H14O6. The van der Waals surface area contributed by atoms with Gasteiger partial charge in [-0.2, -0.15) is 0 Å². The van der Waals surface area contributed by atoms with Crippen molar-refractivity contribution in [3.63, 3.8) is 0 Å². The Kier molecular flexibility index (Phi) is 4.30. The zero-order valence-electron chi connectivity index (χ0n) is 9.45. The first-order chi connectivity index (χ1) is 8.01. The summed E-state index contributed by atoms with van der Waals surface area (Å²) in [6.07, 6.45) is -3.20. The van der Waals surface area contributed by atoms with Crippen LogP contribution in [0.15, 0.2) is 18.2 Å². The smallest absolute Gasteiger partial charge is 0.337 e. The van der Waals surface area contributed by atoms with Gasteiger partial charge in [0.05, 0.1) is 14.2 Å². The van der Waals surface area contributed by atoms with Crippen molar-refractivity contribution in [1.82, 2.24) is 0 Å². The van der Waals surface area contributed by atoms with Gasteiger partial charge in [-0.3, -0.25) is 0 Å². The molecule has 1 rings (SSSR count). The van der Waals surface area contributed by atoms with Gasteiger partial charge in [-0.15, -0.1) is 0 Å². The molecule has 0 fully saturated rings. The molecule has 1 aromatic rings. The van der Waals surface area contributed by atoms with E-state index in [0.717, 1.165) is 7.11 Å². The molecule has 94 valence electrons. The molecule has 6 nitrogen and oxygen atoms in total. The van der Waals surface area contributed by atoms with Gasteiger partial charge in [0, 0.05) is 11.6 Å². The Balaban J connectivity index is 3.03. The molecule has 0 saturated heterocycles. The average Bonchev–Trinajstić information content (AvgIpc) is 2.35. The van der Waals surface area contributed by atoms with Crippen LogP contribution < -0.4 is 4.74 Å². The highest BCUT2D eigenvalue weighted by Gasteiger charge is 2.28.